The van der Waals surface area contributed by atoms with Crippen LogP contribution in [-0.4, -0.2) is 77.5 Å². The molecule has 0 bridgehead atoms. The molecular formula is C6H24O6. The molecule has 12 heavy (non-hydrogen) atoms. The summed E-state index contributed by atoms with van der Waals surface area (Å²) in [4.78, 5) is 0. The molecular weight excluding hydrogens is 168 g/mol. The second kappa shape index (κ2) is 17800. The third-order valence-electron chi connectivity index (χ3n) is 0. The normalized spacial score (nSPS) is 9.50. The molecule has 84 valence electrons. The SMILES string of the molecule is [2H]CO.[2H]CO.[2H]CO.[3H]OC.[3H]OC.[3H]OC. The zero-order chi connectivity index (χ0) is 16.2. The Hall–Kier alpha value is -0.240. The van der Waals surface area contributed by atoms with Crippen LogP contribution in [0.5, 0.6) is 0 Å². The molecule has 0 radical (unpaired) electrons. The van der Waals surface area contributed by atoms with Gasteiger partial charge in [-0.3, -0.25) is 0 Å². The third kappa shape index (κ3) is 13000. The summed E-state index contributed by atoms with van der Waals surface area (Å²) in [5, 5.41) is 32.2. The van der Waals surface area contributed by atoms with E-state index < -0.39 is 21.3 Å². The van der Waals surface area contributed by atoms with E-state index in [0.717, 1.165) is 0 Å². The predicted molar refractivity (Wildman–Crippen MR) is 48.9 cm³/mol. The van der Waals surface area contributed by atoms with Crippen molar-refractivity contribution < 1.29 is 34.8 Å². The minimum atomic E-state index is -0.500. The van der Waals surface area contributed by atoms with E-state index in [1.54, 1.807) is 0 Å². The van der Waals surface area contributed by atoms with Crippen LogP contribution in [0.1, 0.15) is 4.11 Å². The van der Waals surface area contributed by atoms with Gasteiger partial charge >= 0.3 is 0 Å². The second-order valence-electron chi connectivity index (χ2n) is 0. The fourth-order valence-corrected chi connectivity index (χ4v) is 0. The van der Waals surface area contributed by atoms with Crippen molar-refractivity contribution in [2.24, 2.45) is 0 Å². The lowest BCUT2D eigenvalue weighted by Crippen LogP contribution is -1.25. The summed E-state index contributed by atoms with van der Waals surface area (Å²) in [6.45, 7) is 0. The van der Waals surface area contributed by atoms with E-state index in [1.807, 2.05) is 0 Å². The van der Waals surface area contributed by atoms with Crippen LogP contribution < -0.4 is 0 Å². The average Bonchev–Trinajstić information content (AvgIpc) is 2.23. The molecule has 0 unspecified atom stereocenters. The van der Waals surface area contributed by atoms with Gasteiger partial charge in [-0.1, -0.05) is 0 Å². The Kier molecular flexibility index (Phi) is 14600. The third-order valence-corrected chi connectivity index (χ3v) is 0. The van der Waals surface area contributed by atoms with Crippen LogP contribution in [0.3, 0.4) is 0 Å². The molecule has 6 nitrogen and oxygen atoms in total. The minimum absolute atomic E-state index is 0.500. The van der Waals surface area contributed by atoms with Gasteiger partial charge in [0.1, 0.15) is 0 Å². The van der Waals surface area contributed by atoms with Crippen molar-refractivity contribution in [3.8, 4) is 0 Å². The fourth-order valence-electron chi connectivity index (χ4n) is 0. The molecule has 0 spiro atoms. The highest BCUT2D eigenvalue weighted by atomic mass is 16.2. The Morgan fingerprint density at radius 3 is 0.833 bits per heavy atom. The highest BCUT2D eigenvalue weighted by molar-refractivity contribution is 3.19. The minimum Gasteiger partial charge on any atom is -0.400 e. The highest BCUT2D eigenvalue weighted by Gasteiger charge is 0.849. The van der Waals surface area contributed by atoms with Crippen molar-refractivity contribution in [2.75, 3.05) is 42.6 Å². The average molecular weight is 201 g/mol. The van der Waals surface area contributed by atoms with Crippen molar-refractivity contribution in [2.45, 2.75) is 0 Å². The molecule has 0 amide bonds. The van der Waals surface area contributed by atoms with Gasteiger partial charge < -0.3 is 30.6 Å². The number of aliphatic hydroxyl groups excluding tert-OH is 6. The molecule has 0 aliphatic carbocycles. The van der Waals surface area contributed by atoms with Crippen molar-refractivity contribution >= 4 is 0 Å². The van der Waals surface area contributed by atoms with Crippen molar-refractivity contribution in [3.05, 3.63) is 0 Å². The molecule has 0 atom stereocenters. The number of hydrogen-bond acceptors (Lipinski definition) is 6. The highest BCUT2D eigenvalue weighted by Crippen LogP contribution is 0.765. The lowest BCUT2D eigenvalue weighted by atomic mass is 11.8. The Morgan fingerprint density at radius 1 is 0.833 bits per heavy atom. The first-order valence-corrected chi connectivity index (χ1v) is 2.17. The van der Waals surface area contributed by atoms with Crippen LogP contribution in [0.2, 0.25) is 0 Å². The smallest absolute Gasteiger partial charge is 0.210 e. The first kappa shape index (κ1) is 9.85. The van der Waals surface area contributed by atoms with Gasteiger partial charge in [-0.05, 0) is 0 Å². The standard InChI is InChI=1S/6CH4O/c6*1-2/h6*2H,1H3/i3*2T;3*1D. The molecule has 0 aliphatic rings. The lowest BCUT2D eigenvalue weighted by molar-refractivity contribution is 0.399. The zero-order valence-electron chi connectivity index (χ0n) is 13.7. The first-order chi connectivity index (χ1) is 8.49. The molecule has 0 aromatic carbocycles. The van der Waals surface area contributed by atoms with Gasteiger partial charge in [0.25, 0.3) is 0 Å². The summed E-state index contributed by atoms with van der Waals surface area (Å²) in [6.07, 6.45) is 0. The van der Waals surface area contributed by atoms with E-state index in [9.17, 15) is 0 Å². The summed E-state index contributed by atoms with van der Waals surface area (Å²) >= 11 is 0. The van der Waals surface area contributed by atoms with Crippen LogP contribution in [0.25, 0.3) is 0 Å². The molecule has 0 saturated carbocycles. The predicted octanol–water partition coefficient (Wildman–Crippen LogP) is -2.35. The van der Waals surface area contributed by atoms with Gasteiger partial charge in [0.05, 0.1) is 4.11 Å². The van der Waals surface area contributed by atoms with Crippen molar-refractivity contribution in [3.63, 3.8) is 0 Å². The van der Waals surface area contributed by atoms with Gasteiger partial charge in [0, 0.05) is 42.6 Å². The molecule has 0 heterocycles. The second-order valence-corrected chi connectivity index (χ2v) is 0. The van der Waals surface area contributed by atoms with E-state index in [0.29, 0.717) is 0 Å². The molecule has 6 heteroatoms. The Morgan fingerprint density at radius 2 is 0.833 bits per heavy atom. The van der Waals surface area contributed by atoms with E-state index >= 15 is 0 Å². The van der Waals surface area contributed by atoms with Crippen LogP contribution >= 0.6 is 0 Å². The van der Waals surface area contributed by atoms with Crippen molar-refractivity contribution in [1.29, 1.82) is 4.29 Å². The van der Waals surface area contributed by atoms with E-state index in [-0.39, 0.29) is 0 Å². The monoisotopic (exact) mass is 201 g/mol. The van der Waals surface area contributed by atoms with Gasteiger partial charge in [0.2, 0.25) is 4.29 Å². The van der Waals surface area contributed by atoms with E-state index in [1.165, 1.54) is 21.3 Å². The lowest BCUT2D eigenvalue weighted by Gasteiger charge is -1.21. The molecule has 0 saturated heterocycles. The largest absolute Gasteiger partial charge is 0.400 e. The van der Waals surface area contributed by atoms with Gasteiger partial charge in [-0.2, -0.15) is 0 Å². The maximum Gasteiger partial charge on any atom is 0.210 e. The van der Waals surface area contributed by atoms with Gasteiger partial charge in [0.15, 0.2) is 0 Å². The summed E-state index contributed by atoms with van der Waals surface area (Å²) in [5.41, 5.74) is 0. The fraction of sp³-hybridized carbons (Fsp3) is 1.00. The molecule has 0 aromatic rings. The summed E-state index contributed by atoms with van der Waals surface area (Å²) < 4.78 is 34.4. The summed E-state index contributed by atoms with van der Waals surface area (Å²) in [6, 6.07) is 0. The topological polar surface area (TPSA) is 121 Å². The summed E-state index contributed by atoms with van der Waals surface area (Å²) in [5.74, 6) is 0. The van der Waals surface area contributed by atoms with Crippen LogP contribution in [0.4, 0.5) is 0 Å². The zero-order valence-corrected chi connectivity index (χ0v) is 7.69. The number of hydrogen-bond donors (Lipinski definition) is 6. The summed E-state index contributed by atoms with van der Waals surface area (Å²) in [7, 11) is 2.38. The quantitative estimate of drug-likeness (QED) is 0.261. The van der Waals surface area contributed by atoms with Crippen LogP contribution in [0.15, 0.2) is 0 Å². The Labute approximate surface area is 83.0 Å². The number of rotatable bonds is 0. The Bertz CT molecular complexity index is 44.0. The maximum absolute atomic E-state index is 7.24. The van der Waals surface area contributed by atoms with Gasteiger partial charge in [-0.25, -0.2) is 0 Å². The molecule has 0 aromatic heterocycles. The van der Waals surface area contributed by atoms with Crippen LogP contribution in [0, 0.1) is 0 Å². The maximum atomic E-state index is 7.24. The number of aliphatic hydroxyl groups is 6. The Balaban J connectivity index is -0.0000000240. The van der Waals surface area contributed by atoms with E-state index in [4.69, 9.17) is 23.7 Å². The molecule has 0 aliphatic heterocycles. The first-order valence-electron chi connectivity index (χ1n) is 5.52. The molecule has 0 rings (SSSR count). The van der Waals surface area contributed by atoms with Crippen molar-refractivity contribution in [1.82, 2.24) is 0 Å². The van der Waals surface area contributed by atoms with E-state index in [2.05, 4.69) is 15.3 Å². The van der Waals surface area contributed by atoms with Gasteiger partial charge in [-0.15, -0.1) is 0 Å². The molecule has 6 N–H and O–H groups in total. The van der Waals surface area contributed by atoms with Crippen LogP contribution in [-0.2, 0) is 0 Å². The molecule has 0 fully saturated rings.